The van der Waals surface area contributed by atoms with Gasteiger partial charge in [0.15, 0.2) is 5.65 Å². The highest BCUT2D eigenvalue weighted by Crippen LogP contribution is 2.31. The van der Waals surface area contributed by atoms with Gasteiger partial charge in [-0.1, -0.05) is 60.1 Å². The van der Waals surface area contributed by atoms with E-state index in [1.54, 1.807) is 10.7 Å². The van der Waals surface area contributed by atoms with E-state index in [4.69, 9.17) is 16.6 Å². The summed E-state index contributed by atoms with van der Waals surface area (Å²) in [4.78, 5) is 18.3. The quantitative estimate of drug-likeness (QED) is 0.208. The minimum atomic E-state index is -0.118. The topological polar surface area (TPSA) is 71.3 Å². The van der Waals surface area contributed by atoms with Gasteiger partial charge in [-0.15, -0.1) is 11.3 Å². The van der Waals surface area contributed by atoms with Gasteiger partial charge in [-0.2, -0.15) is 9.61 Å². The van der Waals surface area contributed by atoms with Gasteiger partial charge in [-0.25, -0.2) is 4.98 Å². The molecule has 6 aromatic rings. The maximum Gasteiger partial charge on any atom is 0.265 e. The van der Waals surface area contributed by atoms with Gasteiger partial charge in [0.1, 0.15) is 5.82 Å². The lowest BCUT2D eigenvalue weighted by Gasteiger charge is -2.12. The Hall–Kier alpha value is -3.72. The van der Waals surface area contributed by atoms with E-state index in [2.05, 4.69) is 31.7 Å². The van der Waals surface area contributed by atoms with Gasteiger partial charge in [0.2, 0.25) is 0 Å². The molecule has 3 aromatic carbocycles. The molecule has 1 amide bonds. The summed E-state index contributed by atoms with van der Waals surface area (Å²) in [5.41, 5.74) is 4.01. The Kier molecular flexibility index (Phi) is 6.38. The molecular formula is C28H19BrClN5OS. The molecule has 0 fully saturated rings. The Labute approximate surface area is 230 Å². The van der Waals surface area contributed by atoms with E-state index in [0.717, 1.165) is 42.9 Å². The van der Waals surface area contributed by atoms with Crippen molar-refractivity contribution in [2.75, 3.05) is 10.6 Å². The Morgan fingerprint density at radius 1 is 1.00 bits per heavy atom. The average molecular weight is 589 g/mol. The molecule has 0 saturated heterocycles. The number of nitrogens with zero attached hydrogens (tertiary/aromatic N) is 3. The molecule has 0 unspecified atom stereocenters. The zero-order valence-electron chi connectivity index (χ0n) is 19.3. The molecule has 37 heavy (non-hydrogen) atoms. The lowest BCUT2D eigenvalue weighted by molar-refractivity contribution is 0.103. The van der Waals surface area contributed by atoms with E-state index in [0.29, 0.717) is 22.1 Å². The predicted molar refractivity (Wildman–Crippen MR) is 155 cm³/mol. The molecule has 0 saturated carbocycles. The second-order valence-electron chi connectivity index (χ2n) is 8.39. The molecule has 2 N–H and O–H groups in total. The van der Waals surface area contributed by atoms with Crippen molar-refractivity contribution in [3.63, 3.8) is 0 Å². The number of rotatable bonds is 6. The number of hydrogen-bond donors (Lipinski definition) is 2. The lowest BCUT2D eigenvalue weighted by atomic mass is 10.1. The normalized spacial score (nSPS) is 11.2. The van der Waals surface area contributed by atoms with Crippen LogP contribution in [0.2, 0.25) is 5.02 Å². The van der Waals surface area contributed by atoms with E-state index in [9.17, 15) is 4.79 Å². The zero-order chi connectivity index (χ0) is 25.4. The monoisotopic (exact) mass is 587 g/mol. The number of halogens is 2. The number of nitrogens with one attached hydrogen (secondary N) is 2. The fourth-order valence-corrected chi connectivity index (χ4v) is 5.65. The predicted octanol–water partition coefficient (Wildman–Crippen LogP) is 7.89. The van der Waals surface area contributed by atoms with Crippen LogP contribution in [0.4, 0.5) is 11.5 Å². The van der Waals surface area contributed by atoms with Crippen molar-refractivity contribution in [1.29, 1.82) is 0 Å². The number of hydrogen-bond acceptors (Lipinski definition) is 5. The molecule has 0 bridgehead atoms. The molecule has 6 nitrogen and oxygen atoms in total. The SMILES string of the molecule is O=C(Nc1cccc(CNc2cc(-c3ccccc3Cl)nc3c(Br)cnn23)c1)c1cc2ccccc2s1. The van der Waals surface area contributed by atoms with Crippen molar-refractivity contribution in [3.05, 3.63) is 111 Å². The molecule has 0 spiro atoms. The van der Waals surface area contributed by atoms with Gasteiger partial charge in [0.25, 0.3) is 5.91 Å². The maximum atomic E-state index is 12.9. The first kappa shape index (κ1) is 23.7. The van der Waals surface area contributed by atoms with Gasteiger partial charge in [0, 0.05) is 33.6 Å². The third-order valence-electron chi connectivity index (χ3n) is 5.89. The lowest BCUT2D eigenvalue weighted by Crippen LogP contribution is -2.11. The van der Waals surface area contributed by atoms with E-state index in [-0.39, 0.29) is 5.91 Å². The molecule has 3 aromatic heterocycles. The van der Waals surface area contributed by atoms with Crippen LogP contribution in [0.1, 0.15) is 15.2 Å². The van der Waals surface area contributed by atoms with Crippen molar-refractivity contribution >= 4 is 72.0 Å². The summed E-state index contributed by atoms with van der Waals surface area (Å²) in [7, 11) is 0. The number of amides is 1. The van der Waals surface area contributed by atoms with Crippen LogP contribution in [0.25, 0.3) is 27.0 Å². The molecule has 9 heteroatoms. The Balaban J connectivity index is 1.24. The summed E-state index contributed by atoms with van der Waals surface area (Å²) in [6, 6.07) is 27.3. The first-order valence-corrected chi connectivity index (χ1v) is 13.5. The van der Waals surface area contributed by atoms with Crippen LogP contribution < -0.4 is 10.6 Å². The van der Waals surface area contributed by atoms with E-state index < -0.39 is 0 Å². The number of carbonyl (C=O) groups is 1. The summed E-state index contributed by atoms with van der Waals surface area (Å²) < 4.78 is 3.63. The van der Waals surface area contributed by atoms with Crippen molar-refractivity contribution in [2.45, 2.75) is 6.54 Å². The molecule has 6 rings (SSSR count). The van der Waals surface area contributed by atoms with E-state index in [1.165, 1.54) is 11.3 Å². The van der Waals surface area contributed by atoms with Crippen molar-refractivity contribution in [3.8, 4) is 11.3 Å². The maximum absolute atomic E-state index is 12.9. The zero-order valence-corrected chi connectivity index (χ0v) is 22.4. The third kappa shape index (κ3) is 4.83. The second kappa shape index (κ2) is 9.97. The fourth-order valence-electron chi connectivity index (χ4n) is 4.11. The van der Waals surface area contributed by atoms with Crippen LogP contribution in [0, 0.1) is 0 Å². The van der Waals surface area contributed by atoms with Gasteiger partial charge < -0.3 is 10.6 Å². The summed E-state index contributed by atoms with van der Waals surface area (Å²) >= 11 is 11.5. The van der Waals surface area contributed by atoms with E-state index in [1.807, 2.05) is 84.9 Å². The highest BCUT2D eigenvalue weighted by atomic mass is 79.9. The summed E-state index contributed by atoms with van der Waals surface area (Å²) in [5, 5.41) is 12.6. The number of aromatic nitrogens is 3. The first-order chi connectivity index (χ1) is 18.0. The Morgan fingerprint density at radius 2 is 1.84 bits per heavy atom. The Morgan fingerprint density at radius 3 is 2.70 bits per heavy atom. The molecule has 0 aliphatic carbocycles. The molecule has 182 valence electrons. The van der Waals surface area contributed by atoms with Crippen LogP contribution >= 0.6 is 38.9 Å². The molecule has 0 radical (unpaired) electrons. The third-order valence-corrected chi connectivity index (χ3v) is 7.89. The largest absolute Gasteiger partial charge is 0.366 e. The smallest absolute Gasteiger partial charge is 0.265 e. The number of carbonyl (C=O) groups excluding carboxylic acids is 1. The molecule has 0 aliphatic heterocycles. The van der Waals surface area contributed by atoms with Crippen LogP contribution in [-0.4, -0.2) is 20.5 Å². The number of anilines is 2. The highest BCUT2D eigenvalue weighted by molar-refractivity contribution is 9.10. The molecular weight excluding hydrogens is 570 g/mol. The number of thiophene rings is 1. The standard InChI is InChI=1S/C28H19BrClN5OS/c29-21-16-32-35-26(14-23(34-27(21)35)20-9-2-3-10-22(20)30)31-15-17-6-5-8-19(12-17)33-28(36)25-13-18-7-1-4-11-24(18)37-25/h1-14,16,31H,15H2,(H,33,36). The summed E-state index contributed by atoms with van der Waals surface area (Å²) in [6.45, 7) is 0.519. The van der Waals surface area contributed by atoms with Gasteiger partial charge in [-0.3, -0.25) is 4.79 Å². The summed E-state index contributed by atoms with van der Waals surface area (Å²) in [6.07, 6.45) is 1.72. The van der Waals surface area contributed by atoms with E-state index >= 15 is 0 Å². The van der Waals surface area contributed by atoms with Gasteiger partial charge in [-0.05, 0) is 57.2 Å². The molecule has 0 aliphatic rings. The van der Waals surface area contributed by atoms with Crippen molar-refractivity contribution in [1.82, 2.24) is 14.6 Å². The van der Waals surface area contributed by atoms with Crippen molar-refractivity contribution < 1.29 is 4.79 Å². The van der Waals surface area contributed by atoms with Crippen molar-refractivity contribution in [2.24, 2.45) is 0 Å². The average Bonchev–Trinajstić information content (AvgIpc) is 3.52. The number of fused-ring (bicyclic) bond motifs is 2. The van der Waals surface area contributed by atoms with Crippen LogP contribution in [0.5, 0.6) is 0 Å². The minimum absolute atomic E-state index is 0.118. The van der Waals surface area contributed by atoms with Crippen LogP contribution in [0.15, 0.2) is 95.6 Å². The summed E-state index contributed by atoms with van der Waals surface area (Å²) in [5.74, 6) is 0.651. The van der Waals surface area contributed by atoms with Gasteiger partial charge in [0.05, 0.1) is 21.2 Å². The highest BCUT2D eigenvalue weighted by Gasteiger charge is 2.14. The molecule has 3 heterocycles. The van der Waals surface area contributed by atoms with Crippen LogP contribution in [-0.2, 0) is 6.54 Å². The fraction of sp³-hybridized carbons (Fsp3) is 0.0357. The first-order valence-electron chi connectivity index (χ1n) is 11.5. The minimum Gasteiger partial charge on any atom is -0.366 e. The van der Waals surface area contributed by atoms with Crippen LogP contribution in [0.3, 0.4) is 0 Å². The second-order valence-corrected chi connectivity index (χ2v) is 10.7. The Bertz CT molecular complexity index is 1750. The van der Waals surface area contributed by atoms with Gasteiger partial charge >= 0.3 is 0 Å². The molecule has 0 atom stereocenters. The number of benzene rings is 3.